The molecule has 0 bridgehead atoms. The van der Waals surface area contributed by atoms with Crippen molar-refractivity contribution in [2.45, 2.75) is 26.7 Å². The van der Waals surface area contributed by atoms with Crippen LogP contribution in [0.3, 0.4) is 0 Å². The Morgan fingerprint density at radius 1 is 1.50 bits per heavy atom. The van der Waals surface area contributed by atoms with E-state index in [-0.39, 0.29) is 12.5 Å². The molecule has 0 saturated heterocycles. The van der Waals surface area contributed by atoms with Crippen molar-refractivity contribution >= 4 is 11.6 Å². The van der Waals surface area contributed by atoms with Crippen molar-refractivity contribution in [3.63, 3.8) is 0 Å². The molecule has 0 aliphatic carbocycles. The highest BCUT2D eigenvalue weighted by atomic mass is 16.5. The summed E-state index contributed by atoms with van der Waals surface area (Å²) in [5.74, 6) is 0.549. The SMILES string of the molecule is CC(C)(CN)C(=O)Nc1cccc(OCCCC#N)c1. The van der Waals surface area contributed by atoms with E-state index in [9.17, 15) is 4.79 Å². The van der Waals surface area contributed by atoms with Crippen LogP contribution in [0.2, 0.25) is 0 Å². The fraction of sp³-hybridized carbons (Fsp3) is 0.467. The molecule has 5 nitrogen and oxygen atoms in total. The first-order valence-corrected chi connectivity index (χ1v) is 6.61. The summed E-state index contributed by atoms with van der Waals surface area (Å²) >= 11 is 0. The predicted octanol–water partition coefficient (Wildman–Crippen LogP) is 2.29. The van der Waals surface area contributed by atoms with Gasteiger partial charge in [-0.05, 0) is 32.4 Å². The van der Waals surface area contributed by atoms with E-state index >= 15 is 0 Å². The molecule has 1 aromatic rings. The molecule has 108 valence electrons. The zero-order valence-corrected chi connectivity index (χ0v) is 12.0. The second-order valence-corrected chi connectivity index (χ2v) is 5.18. The number of amides is 1. The van der Waals surface area contributed by atoms with Crippen LogP contribution in [0.15, 0.2) is 24.3 Å². The molecule has 0 aliphatic heterocycles. The zero-order valence-electron chi connectivity index (χ0n) is 12.0. The van der Waals surface area contributed by atoms with Gasteiger partial charge in [0.15, 0.2) is 0 Å². The first kappa shape index (κ1) is 16.0. The van der Waals surface area contributed by atoms with Crippen molar-refractivity contribution in [3.8, 4) is 11.8 Å². The fourth-order valence-corrected chi connectivity index (χ4v) is 1.40. The summed E-state index contributed by atoms with van der Waals surface area (Å²) in [5, 5.41) is 11.3. The van der Waals surface area contributed by atoms with Crippen LogP contribution in [-0.4, -0.2) is 19.1 Å². The topological polar surface area (TPSA) is 88.1 Å². The Bertz CT molecular complexity index is 492. The number of unbranched alkanes of at least 4 members (excludes halogenated alkanes) is 1. The van der Waals surface area contributed by atoms with Crippen molar-refractivity contribution in [2.75, 3.05) is 18.5 Å². The third-order valence-electron chi connectivity index (χ3n) is 2.92. The molecule has 0 heterocycles. The summed E-state index contributed by atoms with van der Waals surface area (Å²) in [4.78, 5) is 12.0. The molecule has 20 heavy (non-hydrogen) atoms. The van der Waals surface area contributed by atoms with Crippen LogP contribution < -0.4 is 15.8 Å². The van der Waals surface area contributed by atoms with Gasteiger partial charge in [0.2, 0.25) is 5.91 Å². The predicted molar refractivity (Wildman–Crippen MR) is 78.2 cm³/mol. The monoisotopic (exact) mass is 275 g/mol. The Labute approximate surface area is 119 Å². The smallest absolute Gasteiger partial charge is 0.231 e. The maximum atomic E-state index is 12.0. The van der Waals surface area contributed by atoms with E-state index in [4.69, 9.17) is 15.7 Å². The lowest BCUT2D eigenvalue weighted by Gasteiger charge is -2.21. The van der Waals surface area contributed by atoms with Gasteiger partial charge < -0.3 is 15.8 Å². The molecule has 0 fully saturated rings. The van der Waals surface area contributed by atoms with E-state index in [1.165, 1.54) is 0 Å². The van der Waals surface area contributed by atoms with Crippen molar-refractivity contribution in [3.05, 3.63) is 24.3 Å². The molecule has 0 aliphatic rings. The van der Waals surface area contributed by atoms with E-state index in [1.54, 1.807) is 26.0 Å². The van der Waals surface area contributed by atoms with Gasteiger partial charge >= 0.3 is 0 Å². The molecule has 0 aromatic heterocycles. The molecule has 0 saturated carbocycles. The average molecular weight is 275 g/mol. The van der Waals surface area contributed by atoms with Crippen molar-refractivity contribution in [1.82, 2.24) is 0 Å². The first-order chi connectivity index (χ1) is 9.49. The largest absolute Gasteiger partial charge is 0.493 e. The van der Waals surface area contributed by atoms with Crippen molar-refractivity contribution in [1.29, 1.82) is 5.26 Å². The van der Waals surface area contributed by atoms with Crippen LogP contribution >= 0.6 is 0 Å². The minimum atomic E-state index is -0.607. The summed E-state index contributed by atoms with van der Waals surface area (Å²) in [7, 11) is 0. The molecule has 3 N–H and O–H groups in total. The molecular formula is C15H21N3O2. The molecule has 1 aromatic carbocycles. The van der Waals surface area contributed by atoms with Crippen LogP contribution in [-0.2, 0) is 4.79 Å². The van der Waals surface area contributed by atoms with E-state index < -0.39 is 5.41 Å². The van der Waals surface area contributed by atoms with E-state index in [1.807, 2.05) is 12.1 Å². The van der Waals surface area contributed by atoms with Gasteiger partial charge in [0.25, 0.3) is 0 Å². The average Bonchev–Trinajstić information content (AvgIpc) is 2.44. The van der Waals surface area contributed by atoms with Crippen LogP contribution in [0.4, 0.5) is 5.69 Å². The Hall–Kier alpha value is -2.06. The molecule has 0 unspecified atom stereocenters. The van der Waals surface area contributed by atoms with Crippen LogP contribution in [0, 0.1) is 16.7 Å². The highest BCUT2D eigenvalue weighted by Gasteiger charge is 2.25. The van der Waals surface area contributed by atoms with Gasteiger partial charge in [-0.3, -0.25) is 4.79 Å². The Balaban J connectivity index is 2.60. The summed E-state index contributed by atoms with van der Waals surface area (Å²) in [6.07, 6.45) is 1.16. The lowest BCUT2D eigenvalue weighted by atomic mass is 9.92. The Kier molecular flexibility index (Phi) is 6.01. The van der Waals surface area contributed by atoms with Crippen LogP contribution in [0.5, 0.6) is 5.75 Å². The standard InChI is InChI=1S/C15H21N3O2/c1-15(2,11-17)14(19)18-12-6-5-7-13(10-12)20-9-4-3-8-16/h5-7,10H,3-4,9,11,17H2,1-2H3,(H,18,19). The highest BCUT2D eigenvalue weighted by Crippen LogP contribution is 2.21. The Morgan fingerprint density at radius 2 is 2.25 bits per heavy atom. The quantitative estimate of drug-likeness (QED) is 0.747. The number of nitriles is 1. The van der Waals surface area contributed by atoms with Crippen LogP contribution in [0.1, 0.15) is 26.7 Å². The van der Waals surface area contributed by atoms with Gasteiger partial charge in [-0.2, -0.15) is 5.26 Å². The van der Waals surface area contributed by atoms with Gasteiger partial charge in [0.1, 0.15) is 5.75 Å². The number of nitrogens with two attached hydrogens (primary N) is 1. The number of carbonyl (C=O) groups is 1. The minimum absolute atomic E-state index is 0.123. The number of hydrogen-bond acceptors (Lipinski definition) is 4. The lowest BCUT2D eigenvalue weighted by molar-refractivity contribution is -0.123. The summed E-state index contributed by atoms with van der Waals surface area (Å²) in [5.41, 5.74) is 5.64. The maximum absolute atomic E-state index is 12.0. The number of carbonyl (C=O) groups excluding carboxylic acids is 1. The van der Waals surface area contributed by atoms with Gasteiger partial charge in [0, 0.05) is 24.7 Å². The number of benzene rings is 1. The number of anilines is 1. The molecule has 5 heteroatoms. The van der Waals surface area contributed by atoms with Gasteiger partial charge in [-0.15, -0.1) is 0 Å². The van der Waals surface area contributed by atoms with Crippen molar-refractivity contribution in [2.24, 2.45) is 11.1 Å². The summed E-state index contributed by atoms with van der Waals surface area (Å²) < 4.78 is 5.52. The van der Waals surface area contributed by atoms with Crippen molar-refractivity contribution < 1.29 is 9.53 Å². The Morgan fingerprint density at radius 3 is 2.90 bits per heavy atom. The third-order valence-corrected chi connectivity index (χ3v) is 2.92. The normalized spacial score (nSPS) is 10.7. The third kappa shape index (κ3) is 4.90. The number of nitrogens with zero attached hydrogens (tertiary/aromatic N) is 1. The molecule has 0 atom stereocenters. The molecular weight excluding hydrogens is 254 g/mol. The lowest BCUT2D eigenvalue weighted by Crippen LogP contribution is -2.37. The first-order valence-electron chi connectivity index (χ1n) is 6.61. The van der Waals surface area contributed by atoms with Gasteiger partial charge in [-0.25, -0.2) is 0 Å². The fourth-order valence-electron chi connectivity index (χ4n) is 1.40. The molecule has 0 spiro atoms. The highest BCUT2D eigenvalue weighted by molar-refractivity contribution is 5.95. The second kappa shape index (κ2) is 7.51. The van der Waals surface area contributed by atoms with Gasteiger partial charge in [0.05, 0.1) is 18.1 Å². The maximum Gasteiger partial charge on any atom is 0.231 e. The summed E-state index contributed by atoms with van der Waals surface area (Å²) in [6.45, 7) is 4.36. The van der Waals surface area contributed by atoms with Crippen LogP contribution in [0.25, 0.3) is 0 Å². The van der Waals surface area contributed by atoms with E-state index in [0.717, 1.165) is 0 Å². The number of nitrogens with one attached hydrogen (secondary N) is 1. The number of rotatable bonds is 7. The van der Waals surface area contributed by atoms with Gasteiger partial charge in [-0.1, -0.05) is 6.07 Å². The minimum Gasteiger partial charge on any atom is -0.493 e. The summed E-state index contributed by atoms with van der Waals surface area (Å²) in [6, 6.07) is 9.25. The molecule has 1 rings (SSSR count). The molecule has 0 radical (unpaired) electrons. The molecule has 1 amide bonds. The van der Waals surface area contributed by atoms with E-state index in [0.29, 0.717) is 30.9 Å². The number of hydrogen-bond donors (Lipinski definition) is 2. The second-order valence-electron chi connectivity index (χ2n) is 5.18. The van der Waals surface area contributed by atoms with E-state index in [2.05, 4.69) is 11.4 Å². The zero-order chi connectivity index (χ0) is 15.0. The number of ether oxygens (including phenoxy) is 1.